The van der Waals surface area contributed by atoms with Crippen molar-refractivity contribution in [2.24, 2.45) is 5.92 Å². The van der Waals surface area contributed by atoms with Crippen LogP contribution in [0.15, 0.2) is 0 Å². The van der Waals surface area contributed by atoms with Crippen molar-refractivity contribution in [3.63, 3.8) is 0 Å². The van der Waals surface area contributed by atoms with Crippen molar-refractivity contribution in [2.45, 2.75) is 37.8 Å². The van der Waals surface area contributed by atoms with Crippen LogP contribution >= 0.6 is 0 Å². The monoisotopic (exact) mass is 233 g/mol. The molecule has 4 nitrogen and oxygen atoms in total. The largest absolute Gasteiger partial charge is 0.393 e. The molecule has 0 spiro atoms. The summed E-state index contributed by atoms with van der Waals surface area (Å²) >= 11 is 0. The number of rotatable bonds is 3. The second-order valence-electron chi connectivity index (χ2n) is 4.77. The first-order chi connectivity index (χ1) is 7.07. The molecule has 88 valence electrons. The summed E-state index contributed by atoms with van der Waals surface area (Å²) in [6.07, 6.45) is 3.60. The van der Waals surface area contributed by atoms with E-state index in [1.54, 1.807) is 0 Å². The van der Waals surface area contributed by atoms with Gasteiger partial charge in [0.25, 0.3) is 0 Å². The minimum atomic E-state index is -2.78. The summed E-state index contributed by atoms with van der Waals surface area (Å²) in [6.45, 7) is 0.765. The highest BCUT2D eigenvalue weighted by atomic mass is 32.2. The van der Waals surface area contributed by atoms with Gasteiger partial charge in [-0.25, -0.2) is 8.42 Å². The van der Waals surface area contributed by atoms with Crippen LogP contribution in [0.25, 0.3) is 0 Å². The predicted octanol–water partition coefficient (Wildman–Crippen LogP) is -0.0759. The number of hydrogen-bond acceptors (Lipinski definition) is 4. The summed E-state index contributed by atoms with van der Waals surface area (Å²) in [6, 6.07) is 0.114. The molecule has 0 bridgehead atoms. The van der Waals surface area contributed by atoms with Crippen LogP contribution in [-0.4, -0.2) is 43.7 Å². The van der Waals surface area contributed by atoms with Crippen molar-refractivity contribution < 1.29 is 13.5 Å². The van der Waals surface area contributed by atoms with Gasteiger partial charge in [0.2, 0.25) is 0 Å². The van der Waals surface area contributed by atoms with Crippen LogP contribution in [0.3, 0.4) is 0 Å². The van der Waals surface area contributed by atoms with E-state index in [-0.39, 0.29) is 17.9 Å². The number of aliphatic hydroxyl groups is 1. The van der Waals surface area contributed by atoms with E-state index in [0.717, 1.165) is 32.2 Å². The van der Waals surface area contributed by atoms with Gasteiger partial charge in [-0.05, 0) is 25.2 Å². The fraction of sp³-hybridized carbons (Fsp3) is 1.00. The lowest BCUT2D eigenvalue weighted by atomic mass is 10.1. The fourth-order valence-electron chi connectivity index (χ4n) is 2.53. The number of aliphatic hydroxyl groups excluding tert-OH is 1. The van der Waals surface area contributed by atoms with E-state index in [1.807, 2.05) is 0 Å². The van der Waals surface area contributed by atoms with E-state index in [2.05, 4.69) is 5.32 Å². The molecule has 0 aromatic rings. The summed E-state index contributed by atoms with van der Waals surface area (Å²) < 4.78 is 22.4. The highest BCUT2D eigenvalue weighted by molar-refractivity contribution is 7.91. The van der Waals surface area contributed by atoms with Gasteiger partial charge in [0.15, 0.2) is 9.84 Å². The van der Waals surface area contributed by atoms with Crippen LogP contribution in [0, 0.1) is 5.92 Å². The van der Waals surface area contributed by atoms with E-state index in [0.29, 0.717) is 11.7 Å². The Labute approximate surface area is 91.0 Å². The molecule has 2 aliphatic rings. The van der Waals surface area contributed by atoms with Crippen molar-refractivity contribution in [1.29, 1.82) is 0 Å². The van der Waals surface area contributed by atoms with Gasteiger partial charge in [0, 0.05) is 12.6 Å². The Morgan fingerprint density at radius 3 is 2.60 bits per heavy atom. The molecule has 1 saturated carbocycles. The third-order valence-electron chi connectivity index (χ3n) is 3.52. The second kappa shape index (κ2) is 4.39. The SMILES string of the molecule is O=S1(=O)CCC(NCC2CCCC2O)C1. The van der Waals surface area contributed by atoms with E-state index in [4.69, 9.17) is 0 Å². The normalized spacial score (nSPS) is 39.7. The van der Waals surface area contributed by atoms with Crippen molar-refractivity contribution in [1.82, 2.24) is 5.32 Å². The Kier molecular flexibility index (Phi) is 3.33. The minimum Gasteiger partial charge on any atom is -0.393 e. The predicted molar refractivity (Wildman–Crippen MR) is 58.4 cm³/mol. The van der Waals surface area contributed by atoms with Gasteiger partial charge in [-0.3, -0.25) is 0 Å². The molecular weight excluding hydrogens is 214 g/mol. The molecule has 2 fully saturated rings. The molecule has 1 aliphatic carbocycles. The molecule has 2 N–H and O–H groups in total. The average molecular weight is 233 g/mol. The van der Waals surface area contributed by atoms with E-state index in [9.17, 15) is 13.5 Å². The highest BCUT2D eigenvalue weighted by Crippen LogP contribution is 2.25. The first-order valence-electron chi connectivity index (χ1n) is 5.69. The van der Waals surface area contributed by atoms with Gasteiger partial charge in [0.1, 0.15) is 0 Å². The van der Waals surface area contributed by atoms with Gasteiger partial charge < -0.3 is 10.4 Å². The maximum Gasteiger partial charge on any atom is 0.151 e. The summed E-state index contributed by atoms with van der Waals surface area (Å²) in [5.41, 5.74) is 0. The zero-order valence-corrected chi connectivity index (χ0v) is 9.67. The molecule has 0 radical (unpaired) electrons. The third kappa shape index (κ3) is 2.92. The summed E-state index contributed by atoms with van der Waals surface area (Å²) in [5, 5.41) is 12.9. The van der Waals surface area contributed by atoms with Crippen molar-refractivity contribution in [2.75, 3.05) is 18.1 Å². The summed E-state index contributed by atoms with van der Waals surface area (Å²) in [4.78, 5) is 0. The lowest BCUT2D eigenvalue weighted by molar-refractivity contribution is 0.130. The number of nitrogens with one attached hydrogen (secondary N) is 1. The standard InChI is InChI=1S/C10H19NO3S/c12-10-3-1-2-8(10)6-11-9-4-5-15(13,14)7-9/h8-12H,1-7H2. The maximum atomic E-state index is 11.2. The van der Waals surface area contributed by atoms with Crippen LogP contribution < -0.4 is 5.32 Å². The van der Waals surface area contributed by atoms with E-state index in [1.165, 1.54) is 0 Å². The van der Waals surface area contributed by atoms with Gasteiger partial charge in [0.05, 0.1) is 17.6 Å². The molecule has 15 heavy (non-hydrogen) atoms. The van der Waals surface area contributed by atoms with Gasteiger partial charge in [-0.1, -0.05) is 6.42 Å². The van der Waals surface area contributed by atoms with E-state index >= 15 is 0 Å². The Morgan fingerprint density at radius 2 is 2.07 bits per heavy atom. The van der Waals surface area contributed by atoms with Crippen molar-refractivity contribution in [3.8, 4) is 0 Å². The first-order valence-corrected chi connectivity index (χ1v) is 7.51. The molecular formula is C10H19NO3S. The van der Waals surface area contributed by atoms with Gasteiger partial charge >= 0.3 is 0 Å². The molecule has 1 saturated heterocycles. The zero-order valence-electron chi connectivity index (χ0n) is 8.85. The van der Waals surface area contributed by atoms with Gasteiger partial charge in [-0.2, -0.15) is 0 Å². The third-order valence-corrected chi connectivity index (χ3v) is 5.29. The van der Waals surface area contributed by atoms with Crippen LogP contribution in [0.5, 0.6) is 0 Å². The quantitative estimate of drug-likeness (QED) is 0.716. The molecule has 0 amide bonds. The molecule has 3 unspecified atom stereocenters. The topological polar surface area (TPSA) is 66.4 Å². The molecule has 1 aliphatic heterocycles. The minimum absolute atomic E-state index is 0.114. The molecule has 0 aromatic carbocycles. The first kappa shape index (κ1) is 11.4. The van der Waals surface area contributed by atoms with E-state index < -0.39 is 9.84 Å². The lowest BCUT2D eigenvalue weighted by Gasteiger charge is -2.18. The smallest absolute Gasteiger partial charge is 0.151 e. The molecule has 2 rings (SSSR count). The Bertz CT molecular complexity index is 315. The lowest BCUT2D eigenvalue weighted by Crippen LogP contribution is -2.36. The molecule has 3 atom stereocenters. The Morgan fingerprint density at radius 1 is 1.27 bits per heavy atom. The van der Waals surface area contributed by atoms with Crippen LogP contribution in [0.4, 0.5) is 0 Å². The summed E-state index contributed by atoms with van der Waals surface area (Å²) in [7, 11) is -2.78. The number of hydrogen-bond donors (Lipinski definition) is 2. The van der Waals surface area contributed by atoms with Crippen LogP contribution in [-0.2, 0) is 9.84 Å². The average Bonchev–Trinajstić information content (AvgIpc) is 2.69. The highest BCUT2D eigenvalue weighted by Gasteiger charge is 2.30. The second-order valence-corrected chi connectivity index (χ2v) is 7.00. The Hall–Kier alpha value is -0.130. The maximum absolute atomic E-state index is 11.2. The molecule has 0 aromatic heterocycles. The van der Waals surface area contributed by atoms with Crippen LogP contribution in [0.2, 0.25) is 0 Å². The zero-order chi connectivity index (χ0) is 10.9. The van der Waals surface area contributed by atoms with Crippen LogP contribution in [0.1, 0.15) is 25.7 Å². The van der Waals surface area contributed by atoms with Crippen molar-refractivity contribution >= 4 is 9.84 Å². The number of sulfone groups is 1. The molecule has 5 heteroatoms. The van der Waals surface area contributed by atoms with Crippen molar-refractivity contribution in [3.05, 3.63) is 0 Å². The van der Waals surface area contributed by atoms with Gasteiger partial charge in [-0.15, -0.1) is 0 Å². The fourth-order valence-corrected chi connectivity index (χ4v) is 4.24. The Balaban J connectivity index is 1.75. The summed E-state index contributed by atoms with van der Waals surface area (Å²) in [5.74, 6) is 0.918. The molecule has 1 heterocycles.